The summed E-state index contributed by atoms with van der Waals surface area (Å²) in [5, 5.41) is 0. The molecule has 0 aliphatic carbocycles. The Morgan fingerprint density at radius 3 is 2.12 bits per heavy atom. The highest BCUT2D eigenvalue weighted by Crippen LogP contribution is 2.31. The Balaban J connectivity index is 5.08. The average Bonchev–Trinajstić information content (AvgIpc) is 2.15. The average molecular weight is 239 g/mol. The van der Waals surface area contributed by atoms with Crippen LogP contribution in [0.5, 0.6) is 0 Å². The maximum Gasteiger partial charge on any atom is 0.0389 e. The molecule has 0 N–H and O–H groups in total. The summed E-state index contributed by atoms with van der Waals surface area (Å²) in [5.41, 5.74) is 1.74. The monoisotopic (exact) mass is 239 g/mol. The first-order valence-electron chi connectivity index (χ1n) is 7.14. The zero-order valence-corrected chi connectivity index (χ0v) is 13.3. The molecule has 0 spiro atoms. The van der Waals surface area contributed by atoms with Crippen molar-refractivity contribution in [1.29, 1.82) is 0 Å². The summed E-state index contributed by atoms with van der Waals surface area (Å²) >= 11 is 0. The van der Waals surface area contributed by atoms with E-state index in [1.165, 1.54) is 25.0 Å². The van der Waals surface area contributed by atoms with Crippen LogP contribution in [0.25, 0.3) is 0 Å². The van der Waals surface area contributed by atoms with Gasteiger partial charge in [-0.25, -0.2) is 0 Å². The molecule has 0 heterocycles. The molecule has 0 bridgehead atoms. The lowest BCUT2D eigenvalue weighted by molar-refractivity contribution is 0.145. The van der Waals surface area contributed by atoms with Crippen LogP contribution in [-0.4, -0.2) is 24.0 Å². The van der Waals surface area contributed by atoms with E-state index in [0.29, 0.717) is 5.92 Å². The Kier molecular flexibility index (Phi) is 7.08. The smallest absolute Gasteiger partial charge is 0.0389 e. The minimum absolute atomic E-state index is 0.217. The van der Waals surface area contributed by atoms with Crippen LogP contribution in [0.2, 0.25) is 0 Å². The van der Waals surface area contributed by atoms with E-state index in [9.17, 15) is 0 Å². The molecule has 0 aromatic rings. The van der Waals surface area contributed by atoms with Gasteiger partial charge in [-0.15, -0.1) is 0 Å². The van der Waals surface area contributed by atoms with Gasteiger partial charge in [-0.2, -0.15) is 0 Å². The molecule has 102 valence electrons. The van der Waals surface area contributed by atoms with Gasteiger partial charge in [0.1, 0.15) is 0 Å². The van der Waals surface area contributed by atoms with Gasteiger partial charge in [0.05, 0.1) is 0 Å². The van der Waals surface area contributed by atoms with Crippen molar-refractivity contribution in [2.45, 2.75) is 66.8 Å². The van der Waals surface area contributed by atoms with E-state index in [0.717, 1.165) is 5.92 Å². The zero-order valence-electron chi connectivity index (χ0n) is 13.3. The number of likely N-dealkylation sites (N-methyl/N-ethyl adjacent to an activating group) is 1. The highest BCUT2D eigenvalue weighted by Gasteiger charge is 2.31. The van der Waals surface area contributed by atoms with Crippen molar-refractivity contribution in [3.8, 4) is 0 Å². The van der Waals surface area contributed by atoms with Crippen LogP contribution in [-0.2, 0) is 0 Å². The fraction of sp³-hybridized carbons (Fsp3) is 0.875. The number of hydrogen-bond donors (Lipinski definition) is 0. The van der Waals surface area contributed by atoms with Gasteiger partial charge >= 0.3 is 0 Å². The third kappa shape index (κ3) is 5.25. The molecule has 0 saturated heterocycles. The Labute approximate surface area is 109 Å². The predicted octanol–water partition coefficient (Wildman–Crippen LogP) is 4.74. The second-order valence-electron chi connectivity index (χ2n) is 6.39. The standard InChI is InChI=1S/C16H33N/c1-9-10-17(8)16(7,12-14(4)5)15(6)11-13(2)3/h11,13-14H,9-10,12H2,1-8H3/b15-11-. The summed E-state index contributed by atoms with van der Waals surface area (Å²) in [5.74, 6) is 1.37. The summed E-state index contributed by atoms with van der Waals surface area (Å²) in [6.45, 7) is 17.3. The summed E-state index contributed by atoms with van der Waals surface area (Å²) in [6, 6.07) is 0. The molecule has 1 heteroatoms. The van der Waals surface area contributed by atoms with Gasteiger partial charge in [-0.3, -0.25) is 4.90 Å². The third-order valence-corrected chi connectivity index (χ3v) is 3.64. The van der Waals surface area contributed by atoms with E-state index in [1.807, 2.05) is 0 Å². The Hall–Kier alpha value is -0.300. The fourth-order valence-corrected chi connectivity index (χ4v) is 2.67. The molecular formula is C16H33N. The highest BCUT2D eigenvalue weighted by molar-refractivity contribution is 5.17. The van der Waals surface area contributed by atoms with Crippen molar-refractivity contribution in [2.24, 2.45) is 11.8 Å². The van der Waals surface area contributed by atoms with Crippen molar-refractivity contribution in [3.63, 3.8) is 0 Å². The van der Waals surface area contributed by atoms with Crippen molar-refractivity contribution in [1.82, 2.24) is 4.90 Å². The molecule has 0 saturated carbocycles. The molecule has 0 aromatic heterocycles. The van der Waals surface area contributed by atoms with E-state index in [4.69, 9.17) is 0 Å². The number of rotatable bonds is 7. The van der Waals surface area contributed by atoms with Crippen LogP contribution >= 0.6 is 0 Å². The van der Waals surface area contributed by atoms with Gasteiger partial charge < -0.3 is 0 Å². The van der Waals surface area contributed by atoms with Gasteiger partial charge in [-0.1, -0.05) is 46.3 Å². The van der Waals surface area contributed by atoms with E-state index < -0.39 is 0 Å². The lowest BCUT2D eigenvalue weighted by Gasteiger charge is -2.42. The summed E-state index contributed by atoms with van der Waals surface area (Å²) in [7, 11) is 2.27. The van der Waals surface area contributed by atoms with Crippen LogP contribution in [0, 0.1) is 11.8 Å². The van der Waals surface area contributed by atoms with E-state index in [1.54, 1.807) is 0 Å². The van der Waals surface area contributed by atoms with Gasteiger partial charge in [0.25, 0.3) is 0 Å². The first-order valence-corrected chi connectivity index (χ1v) is 7.14. The number of hydrogen-bond acceptors (Lipinski definition) is 1. The molecule has 0 rings (SSSR count). The summed E-state index contributed by atoms with van der Waals surface area (Å²) in [6.07, 6.45) is 4.88. The Morgan fingerprint density at radius 1 is 1.24 bits per heavy atom. The van der Waals surface area contributed by atoms with Gasteiger partial charge in [-0.05, 0) is 52.1 Å². The van der Waals surface area contributed by atoms with Crippen LogP contribution in [0.15, 0.2) is 11.6 Å². The molecule has 0 amide bonds. The molecule has 0 radical (unpaired) electrons. The maximum absolute atomic E-state index is 2.53. The molecular weight excluding hydrogens is 206 g/mol. The molecule has 0 aliphatic heterocycles. The number of nitrogens with zero attached hydrogens (tertiary/aromatic N) is 1. The van der Waals surface area contributed by atoms with E-state index in [2.05, 4.69) is 66.5 Å². The molecule has 1 nitrogen and oxygen atoms in total. The summed E-state index contributed by atoms with van der Waals surface area (Å²) in [4.78, 5) is 2.53. The SMILES string of the molecule is CCCN(C)C(C)(CC(C)C)/C(C)=C\C(C)C. The van der Waals surface area contributed by atoms with Crippen molar-refractivity contribution >= 4 is 0 Å². The maximum atomic E-state index is 2.53. The van der Waals surface area contributed by atoms with E-state index in [-0.39, 0.29) is 5.54 Å². The van der Waals surface area contributed by atoms with Crippen molar-refractivity contribution in [2.75, 3.05) is 13.6 Å². The fourth-order valence-electron chi connectivity index (χ4n) is 2.67. The Bertz CT molecular complexity index is 240. The van der Waals surface area contributed by atoms with Gasteiger partial charge in [0.15, 0.2) is 0 Å². The highest BCUT2D eigenvalue weighted by atomic mass is 15.2. The van der Waals surface area contributed by atoms with E-state index >= 15 is 0 Å². The second-order valence-corrected chi connectivity index (χ2v) is 6.39. The Morgan fingerprint density at radius 2 is 1.76 bits per heavy atom. The van der Waals surface area contributed by atoms with Crippen molar-refractivity contribution in [3.05, 3.63) is 11.6 Å². The predicted molar refractivity (Wildman–Crippen MR) is 79.4 cm³/mol. The molecule has 1 atom stereocenters. The third-order valence-electron chi connectivity index (χ3n) is 3.64. The number of allylic oxidation sites excluding steroid dienone is 1. The molecule has 0 aromatic carbocycles. The lowest BCUT2D eigenvalue weighted by atomic mass is 9.81. The normalized spacial score (nSPS) is 17.0. The van der Waals surface area contributed by atoms with Crippen LogP contribution in [0.4, 0.5) is 0 Å². The van der Waals surface area contributed by atoms with Crippen molar-refractivity contribution < 1.29 is 0 Å². The minimum Gasteiger partial charge on any atom is -0.297 e. The molecule has 1 unspecified atom stereocenters. The second kappa shape index (κ2) is 7.20. The van der Waals surface area contributed by atoms with Crippen LogP contribution in [0.3, 0.4) is 0 Å². The molecule has 17 heavy (non-hydrogen) atoms. The quantitative estimate of drug-likeness (QED) is 0.580. The first-order chi connectivity index (χ1) is 7.74. The largest absolute Gasteiger partial charge is 0.297 e. The topological polar surface area (TPSA) is 3.24 Å². The lowest BCUT2D eigenvalue weighted by Crippen LogP contribution is -2.46. The van der Waals surface area contributed by atoms with Crippen LogP contribution in [0.1, 0.15) is 61.3 Å². The zero-order chi connectivity index (χ0) is 13.6. The first kappa shape index (κ1) is 16.7. The minimum atomic E-state index is 0.217. The summed E-state index contributed by atoms with van der Waals surface area (Å²) < 4.78 is 0. The van der Waals surface area contributed by atoms with Gasteiger partial charge in [0.2, 0.25) is 0 Å². The molecule has 0 aliphatic rings. The molecule has 0 fully saturated rings. The van der Waals surface area contributed by atoms with Gasteiger partial charge in [0, 0.05) is 5.54 Å². The van der Waals surface area contributed by atoms with Crippen LogP contribution < -0.4 is 0 Å².